The summed E-state index contributed by atoms with van der Waals surface area (Å²) in [4.78, 5) is 10.4. The van der Waals surface area contributed by atoms with E-state index in [1.54, 1.807) is 0 Å². The molecule has 18 heavy (non-hydrogen) atoms. The number of aryl methyl sites for hydroxylation is 1. The summed E-state index contributed by atoms with van der Waals surface area (Å²) in [6.07, 6.45) is 0. The molecular formula is C13H15BrN4. The van der Waals surface area contributed by atoms with Gasteiger partial charge in [0, 0.05) is 29.8 Å². The van der Waals surface area contributed by atoms with Crippen LogP contribution in [-0.2, 0) is 6.54 Å². The highest BCUT2D eigenvalue weighted by molar-refractivity contribution is 9.10. The lowest BCUT2D eigenvalue weighted by molar-refractivity contribution is 0.889. The van der Waals surface area contributed by atoms with Crippen LogP contribution in [0.3, 0.4) is 0 Å². The summed E-state index contributed by atoms with van der Waals surface area (Å²) in [6.45, 7) is 2.68. The minimum atomic E-state index is 0.311. The molecule has 0 bridgehead atoms. The van der Waals surface area contributed by atoms with Gasteiger partial charge in [-0.2, -0.15) is 4.98 Å². The second kappa shape index (κ2) is 5.35. The van der Waals surface area contributed by atoms with Crippen LogP contribution < -0.4 is 10.6 Å². The lowest BCUT2D eigenvalue weighted by Gasteiger charge is -2.18. The molecule has 1 aromatic heterocycles. The third-order valence-corrected chi connectivity index (χ3v) is 3.05. The van der Waals surface area contributed by atoms with Gasteiger partial charge in [-0.3, -0.25) is 0 Å². The third-order valence-electron chi connectivity index (χ3n) is 2.56. The smallest absolute Gasteiger partial charge is 0.222 e. The van der Waals surface area contributed by atoms with Crippen molar-refractivity contribution in [2.75, 3.05) is 17.7 Å². The van der Waals surface area contributed by atoms with Gasteiger partial charge in [-0.15, -0.1) is 0 Å². The Morgan fingerprint density at radius 1 is 1.28 bits per heavy atom. The van der Waals surface area contributed by atoms with E-state index in [0.717, 1.165) is 22.5 Å². The second-order valence-corrected chi connectivity index (χ2v) is 5.13. The van der Waals surface area contributed by atoms with Crippen LogP contribution in [0.25, 0.3) is 0 Å². The summed E-state index contributed by atoms with van der Waals surface area (Å²) < 4.78 is 1.08. The summed E-state index contributed by atoms with van der Waals surface area (Å²) in [7, 11) is 1.99. The summed E-state index contributed by atoms with van der Waals surface area (Å²) in [5.74, 6) is 1.14. The molecule has 0 aliphatic rings. The van der Waals surface area contributed by atoms with Crippen molar-refractivity contribution < 1.29 is 0 Å². The van der Waals surface area contributed by atoms with Crippen molar-refractivity contribution in [2.24, 2.45) is 0 Å². The molecule has 2 aromatic rings. The van der Waals surface area contributed by atoms with Crippen molar-refractivity contribution in [3.63, 3.8) is 0 Å². The van der Waals surface area contributed by atoms with Crippen LogP contribution in [0.4, 0.5) is 11.8 Å². The number of hydrogen-bond acceptors (Lipinski definition) is 4. The topological polar surface area (TPSA) is 55.0 Å². The molecule has 0 aliphatic carbocycles. The average Bonchev–Trinajstić information content (AvgIpc) is 2.27. The second-order valence-electron chi connectivity index (χ2n) is 4.21. The van der Waals surface area contributed by atoms with Crippen molar-refractivity contribution in [3.8, 4) is 0 Å². The molecule has 5 heteroatoms. The number of halogens is 1. The van der Waals surface area contributed by atoms with E-state index >= 15 is 0 Å². The van der Waals surface area contributed by atoms with E-state index in [-0.39, 0.29) is 0 Å². The molecule has 0 atom stereocenters. The van der Waals surface area contributed by atoms with Crippen molar-refractivity contribution in [3.05, 3.63) is 46.1 Å². The number of aromatic nitrogens is 2. The van der Waals surface area contributed by atoms with Crippen molar-refractivity contribution in [1.82, 2.24) is 9.97 Å². The fraction of sp³-hybridized carbons (Fsp3) is 0.231. The maximum Gasteiger partial charge on any atom is 0.222 e. The number of hydrogen-bond donors (Lipinski definition) is 1. The van der Waals surface area contributed by atoms with Crippen molar-refractivity contribution in [1.29, 1.82) is 0 Å². The standard InChI is InChI=1S/C13H15BrN4/c1-9-6-12(17-13(15)16-9)18(2)8-10-4-3-5-11(14)7-10/h3-7H,8H2,1-2H3,(H2,15,16,17). The maximum atomic E-state index is 5.66. The predicted molar refractivity (Wildman–Crippen MR) is 77.4 cm³/mol. The average molecular weight is 307 g/mol. The Bertz CT molecular complexity index is 536. The molecule has 2 N–H and O–H groups in total. The van der Waals surface area contributed by atoms with Gasteiger partial charge < -0.3 is 10.6 Å². The molecule has 0 unspecified atom stereocenters. The first-order valence-corrected chi connectivity index (χ1v) is 6.40. The quantitative estimate of drug-likeness (QED) is 0.947. The minimum absolute atomic E-state index is 0.311. The lowest BCUT2D eigenvalue weighted by Crippen LogP contribution is -2.18. The summed E-state index contributed by atoms with van der Waals surface area (Å²) in [5, 5.41) is 0. The first-order chi connectivity index (χ1) is 8.54. The molecule has 0 aliphatic heterocycles. The first kappa shape index (κ1) is 12.8. The predicted octanol–water partition coefficient (Wildman–Crippen LogP) is 2.77. The zero-order valence-corrected chi connectivity index (χ0v) is 12.0. The zero-order chi connectivity index (χ0) is 13.1. The largest absolute Gasteiger partial charge is 0.368 e. The number of nitrogens with two attached hydrogens (primary N) is 1. The third kappa shape index (κ3) is 3.20. The van der Waals surface area contributed by atoms with Crippen LogP contribution in [0.5, 0.6) is 0 Å². The van der Waals surface area contributed by atoms with E-state index in [1.165, 1.54) is 5.56 Å². The Labute approximate surface area is 115 Å². The van der Waals surface area contributed by atoms with E-state index in [4.69, 9.17) is 5.73 Å². The first-order valence-electron chi connectivity index (χ1n) is 5.61. The van der Waals surface area contributed by atoms with Gasteiger partial charge in [0.15, 0.2) is 0 Å². The molecule has 94 valence electrons. The van der Waals surface area contributed by atoms with E-state index in [2.05, 4.69) is 38.0 Å². The summed E-state index contributed by atoms with van der Waals surface area (Å²) >= 11 is 3.47. The van der Waals surface area contributed by atoms with Gasteiger partial charge in [-0.25, -0.2) is 4.98 Å². The van der Waals surface area contributed by atoms with Crippen molar-refractivity contribution in [2.45, 2.75) is 13.5 Å². The molecule has 0 saturated carbocycles. The van der Waals surface area contributed by atoms with E-state index in [1.807, 2.05) is 37.1 Å². The Morgan fingerprint density at radius 3 is 2.72 bits per heavy atom. The molecular weight excluding hydrogens is 292 g/mol. The fourth-order valence-electron chi connectivity index (χ4n) is 1.76. The number of benzene rings is 1. The molecule has 0 saturated heterocycles. The SMILES string of the molecule is Cc1cc(N(C)Cc2cccc(Br)c2)nc(N)n1. The Morgan fingerprint density at radius 2 is 2.06 bits per heavy atom. The van der Waals surface area contributed by atoms with Gasteiger partial charge >= 0.3 is 0 Å². The molecule has 0 fully saturated rings. The fourth-order valence-corrected chi connectivity index (χ4v) is 2.21. The van der Waals surface area contributed by atoms with E-state index in [9.17, 15) is 0 Å². The number of rotatable bonds is 3. The minimum Gasteiger partial charge on any atom is -0.368 e. The van der Waals surface area contributed by atoms with Gasteiger partial charge in [-0.05, 0) is 24.6 Å². The van der Waals surface area contributed by atoms with Gasteiger partial charge in [0.1, 0.15) is 5.82 Å². The normalized spacial score (nSPS) is 10.4. The van der Waals surface area contributed by atoms with Gasteiger partial charge in [0.25, 0.3) is 0 Å². The zero-order valence-electron chi connectivity index (χ0n) is 10.4. The highest BCUT2D eigenvalue weighted by Gasteiger charge is 2.06. The maximum absolute atomic E-state index is 5.66. The number of anilines is 2. The van der Waals surface area contributed by atoms with Gasteiger partial charge in [0.2, 0.25) is 5.95 Å². The molecule has 4 nitrogen and oxygen atoms in total. The Kier molecular flexibility index (Phi) is 3.81. The highest BCUT2D eigenvalue weighted by atomic mass is 79.9. The van der Waals surface area contributed by atoms with Crippen LogP contribution in [0.2, 0.25) is 0 Å². The van der Waals surface area contributed by atoms with Crippen LogP contribution in [0, 0.1) is 6.92 Å². The van der Waals surface area contributed by atoms with E-state index in [0.29, 0.717) is 5.95 Å². The molecule has 0 amide bonds. The molecule has 2 rings (SSSR count). The Hall–Kier alpha value is -1.62. The lowest BCUT2D eigenvalue weighted by atomic mass is 10.2. The summed E-state index contributed by atoms with van der Waals surface area (Å²) in [6, 6.07) is 10.1. The van der Waals surface area contributed by atoms with Gasteiger partial charge in [0.05, 0.1) is 0 Å². The van der Waals surface area contributed by atoms with Crippen molar-refractivity contribution >= 4 is 27.7 Å². The number of nitrogen functional groups attached to an aromatic ring is 1. The van der Waals surface area contributed by atoms with E-state index < -0.39 is 0 Å². The molecule has 1 aromatic carbocycles. The van der Waals surface area contributed by atoms with Crippen LogP contribution in [0.15, 0.2) is 34.8 Å². The van der Waals surface area contributed by atoms with Crippen LogP contribution in [0.1, 0.15) is 11.3 Å². The number of nitrogens with zero attached hydrogens (tertiary/aromatic N) is 3. The van der Waals surface area contributed by atoms with Crippen LogP contribution in [-0.4, -0.2) is 17.0 Å². The van der Waals surface area contributed by atoms with Gasteiger partial charge in [-0.1, -0.05) is 28.1 Å². The van der Waals surface area contributed by atoms with Crippen LogP contribution >= 0.6 is 15.9 Å². The molecule has 1 heterocycles. The molecule has 0 spiro atoms. The molecule has 0 radical (unpaired) electrons. The summed E-state index contributed by atoms with van der Waals surface area (Å²) in [5.41, 5.74) is 7.74. The monoisotopic (exact) mass is 306 g/mol. The highest BCUT2D eigenvalue weighted by Crippen LogP contribution is 2.17. The Balaban J connectivity index is 2.19.